The van der Waals surface area contributed by atoms with E-state index in [2.05, 4.69) is 91.8 Å². The van der Waals surface area contributed by atoms with Crippen molar-refractivity contribution in [3.63, 3.8) is 0 Å². The van der Waals surface area contributed by atoms with Gasteiger partial charge in [0.05, 0.1) is 11.3 Å². The average Bonchev–Trinajstić information content (AvgIpc) is 3.59. The van der Waals surface area contributed by atoms with Crippen molar-refractivity contribution >= 4 is 27.5 Å². The number of hydrogen-bond acceptors (Lipinski definition) is 3. The molecule has 2 aliphatic rings. The number of ketones is 1. The van der Waals surface area contributed by atoms with Crippen LogP contribution in [-0.4, -0.2) is 15.9 Å². The fourth-order valence-corrected chi connectivity index (χ4v) is 9.21. The Hall–Kier alpha value is -2.81. The number of benzene rings is 3. The Bertz CT molecular complexity index is 1930. The molecule has 0 saturated heterocycles. The zero-order valence-electron chi connectivity index (χ0n) is 33.5. The van der Waals surface area contributed by atoms with Crippen molar-refractivity contribution in [2.75, 3.05) is 0 Å². The summed E-state index contributed by atoms with van der Waals surface area (Å²) in [6.07, 6.45) is 10.2. The average molecular weight is 865 g/mol. The van der Waals surface area contributed by atoms with Gasteiger partial charge in [0.1, 0.15) is 0 Å². The molecule has 1 radical (unpaired) electrons. The Morgan fingerprint density at radius 3 is 2.04 bits per heavy atom. The van der Waals surface area contributed by atoms with E-state index >= 15 is 0 Å². The first-order chi connectivity index (χ1) is 23.6. The molecule has 0 amide bonds. The Morgan fingerprint density at radius 1 is 0.863 bits per heavy atom. The van der Waals surface area contributed by atoms with Gasteiger partial charge in [-0.2, -0.15) is 0 Å². The number of aryl methyl sites for hydroxylation is 4. The van der Waals surface area contributed by atoms with Gasteiger partial charge in [-0.3, -0.25) is 9.78 Å². The molecule has 1 fully saturated rings. The molecule has 4 aromatic rings. The van der Waals surface area contributed by atoms with Crippen molar-refractivity contribution in [3.8, 4) is 11.3 Å². The van der Waals surface area contributed by atoms with Crippen LogP contribution in [0.3, 0.4) is 0 Å². The summed E-state index contributed by atoms with van der Waals surface area (Å²) in [4.78, 5) is 17.2. The number of nitrogens with zero attached hydrogens (tertiary/aromatic N) is 1. The summed E-state index contributed by atoms with van der Waals surface area (Å²) in [5, 5.41) is 13.7. The summed E-state index contributed by atoms with van der Waals surface area (Å²) >= 11 is 0. The minimum Gasteiger partial charge on any atom is -0.512 e. The summed E-state index contributed by atoms with van der Waals surface area (Å²) in [5.41, 5.74) is 13.4. The van der Waals surface area contributed by atoms with E-state index in [-0.39, 0.29) is 54.3 Å². The van der Waals surface area contributed by atoms with Crippen molar-refractivity contribution in [3.05, 3.63) is 87.2 Å². The van der Waals surface area contributed by atoms with E-state index in [1.54, 1.807) is 5.56 Å². The van der Waals surface area contributed by atoms with Crippen LogP contribution in [-0.2, 0) is 35.7 Å². The number of allylic oxidation sites excluding steroid dienone is 2. The number of hydrogen-bond donors (Lipinski definition) is 1. The van der Waals surface area contributed by atoms with Gasteiger partial charge in [-0.15, -0.1) is 23.1 Å². The second kappa shape index (κ2) is 16.1. The van der Waals surface area contributed by atoms with Gasteiger partial charge >= 0.3 is 0 Å². The molecule has 1 heterocycles. The van der Waals surface area contributed by atoms with Gasteiger partial charge in [-0.1, -0.05) is 115 Å². The third-order valence-corrected chi connectivity index (χ3v) is 12.8. The maximum atomic E-state index is 11.7. The number of aliphatic hydroxyl groups is 1. The Morgan fingerprint density at radius 2 is 1.45 bits per heavy atom. The fourth-order valence-electron chi connectivity index (χ4n) is 9.21. The van der Waals surface area contributed by atoms with Crippen molar-refractivity contribution in [2.45, 2.75) is 151 Å². The monoisotopic (exact) mass is 865 g/mol. The van der Waals surface area contributed by atoms with Crippen LogP contribution in [0.5, 0.6) is 0 Å². The smallest absolute Gasteiger partial charge is 0.162 e. The molecular formula is C47H62IrNO2-. The molecule has 4 heteroatoms. The molecule has 0 unspecified atom stereocenters. The van der Waals surface area contributed by atoms with Crippen LogP contribution in [0.2, 0.25) is 0 Å². The Labute approximate surface area is 322 Å². The first-order valence-electron chi connectivity index (χ1n) is 19.5. The Kier molecular flexibility index (Phi) is 12.9. The predicted molar refractivity (Wildman–Crippen MR) is 214 cm³/mol. The minimum absolute atomic E-state index is 0. The molecule has 277 valence electrons. The SMILES string of the molecule is CCC(CC)C(=O)/C=C(\O)C(CC)CC.Cc1cc(C)c2c(C3CCCC3)c3c(nc2c1)-c1[c-]c2ccc(C)cc2c(C)c1C(C)(C)C3(C)C.[Ir]. The largest absolute Gasteiger partial charge is 0.512 e. The van der Waals surface area contributed by atoms with Gasteiger partial charge in [0.2, 0.25) is 0 Å². The standard InChI is InChI=1S/C34H38N.C13H24O2.Ir/c1-19-13-14-24-18-26-30(22(4)25(24)16-19)33(5,6)34(7,8)31-29(23-11-9-10-12-23)28-21(3)15-20(2)17-27(28)35-32(26)31;1-5-10(6-2)12(14)9-13(15)11(7-3)8-4;/h13-17,23H,9-12H2,1-8H3;9-11,14H,5-8H2,1-4H3;/q-1;;/b;12-9-;. The summed E-state index contributed by atoms with van der Waals surface area (Å²) in [5.74, 6) is 1.17. The first kappa shape index (κ1) is 41.0. The number of carbonyl (C=O) groups is 1. The van der Waals surface area contributed by atoms with Crippen LogP contribution in [0.25, 0.3) is 32.9 Å². The van der Waals surface area contributed by atoms with Crippen LogP contribution < -0.4 is 0 Å². The fraction of sp³-hybridized carbons (Fsp3) is 0.532. The van der Waals surface area contributed by atoms with E-state index < -0.39 is 0 Å². The van der Waals surface area contributed by atoms with Crippen molar-refractivity contribution < 1.29 is 30.0 Å². The molecule has 0 atom stereocenters. The molecule has 3 nitrogen and oxygen atoms in total. The maximum Gasteiger partial charge on any atom is 0.162 e. The molecule has 1 saturated carbocycles. The molecule has 0 aliphatic heterocycles. The number of rotatable bonds is 8. The normalized spacial score (nSPS) is 16.5. The molecule has 2 aliphatic carbocycles. The first-order valence-corrected chi connectivity index (χ1v) is 19.5. The van der Waals surface area contributed by atoms with Gasteiger partial charge < -0.3 is 5.11 Å². The molecular weight excluding hydrogens is 803 g/mol. The van der Waals surface area contributed by atoms with Crippen LogP contribution >= 0.6 is 0 Å². The predicted octanol–water partition coefficient (Wildman–Crippen LogP) is 13.2. The Balaban J connectivity index is 0.000000312. The van der Waals surface area contributed by atoms with E-state index in [0.717, 1.165) is 25.7 Å². The molecule has 6 rings (SSSR count). The van der Waals surface area contributed by atoms with Crippen LogP contribution in [0.15, 0.2) is 42.2 Å². The number of carbonyl (C=O) groups excluding carboxylic acids is 1. The van der Waals surface area contributed by atoms with E-state index in [4.69, 9.17) is 4.98 Å². The quantitative estimate of drug-likeness (QED) is 0.109. The third-order valence-electron chi connectivity index (χ3n) is 12.8. The van der Waals surface area contributed by atoms with Gasteiger partial charge in [0.15, 0.2) is 5.78 Å². The number of aromatic nitrogens is 1. The van der Waals surface area contributed by atoms with E-state index in [1.807, 2.05) is 27.7 Å². The summed E-state index contributed by atoms with van der Waals surface area (Å²) in [7, 11) is 0. The third kappa shape index (κ3) is 7.39. The second-order valence-electron chi connectivity index (χ2n) is 16.5. The molecule has 51 heavy (non-hydrogen) atoms. The van der Waals surface area contributed by atoms with Crippen LogP contribution in [0.1, 0.15) is 152 Å². The van der Waals surface area contributed by atoms with Crippen molar-refractivity contribution in [2.24, 2.45) is 11.8 Å². The topological polar surface area (TPSA) is 50.2 Å². The van der Waals surface area contributed by atoms with Crippen LogP contribution in [0, 0.1) is 45.6 Å². The summed E-state index contributed by atoms with van der Waals surface area (Å²) in [6.45, 7) is 27.0. The van der Waals surface area contributed by atoms with Gasteiger partial charge in [0, 0.05) is 49.1 Å². The zero-order valence-corrected chi connectivity index (χ0v) is 35.9. The second-order valence-corrected chi connectivity index (χ2v) is 16.5. The van der Waals surface area contributed by atoms with Crippen molar-refractivity contribution in [1.82, 2.24) is 4.98 Å². The maximum absolute atomic E-state index is 11.7. The summed E-state index contributed by atoms with van der Waals surface area (Å²) in [6, 6.07) is 15.4. The minimum atomic E-state index is -0.0537. The number of pyridine rings is 1. The molecule has 1 aromatic heterocycles. The van der Waals surface area contributed by atoms with E-state index in [0.29, 0.717) is 5.92 Å². The molecule has 0 spiro atoms. The summed E-state index contributed by atoms with van der Waals surface area (Å²) < 4.78 is 0. The molecule has 3 aromatic carbocycles. The van der Waals surface area contributed by atoms with Gasteiger partial charge in [-0.05, 0) is 104 Å². The van der Waals surface area contributed by atoms with E-state index in [9.17, 15) is 9.90 Å². The van der Waals surface area contributed by atoms with E-state index in [1.165, 1.54) is 98.1 Å². The number of fused-ring (bicyclic) bond motifs is 5. The molecule has 1 N–H and O–H groups in total. The number of aliphatic hydroxyl groups excluding tert-OH is 1. The van der Waals surface area contributed by atoms with Gasteiger partial charge in [0.25, 0.3) is 0 Å². The molecule has 0 bridgehead atoms. The van der Waals surface area contributed by atoms with Gasteiger partial charge in [-0.25, -0.2) is 0 Å². The zero-order chi connectivity index (χ0) is 36.7. The van der Waals surface area contributed by atoms with Crippen LogP contribution in [0.4, 0.5) is 0 Å². The van der Waals surface area contributed by atoms with Crippen molar-refractivity contribution in [1.29, 1.82) is 0 Å².